The van der Waals surface area contributed by atoms with E-state index in [2.05, 4.69) is 26.8 Å². The topological polar surface area (TPSA) is 145 Å². The molecule has 3 aromatic rings. The molecule has 216 valence electrons. The monoisotopic (exact) mass is 563 g/mol. The van der Waals surface area contributed by atoms with E-state index in [1.807, 2.05) is 12.1 Å². The van der Waals surface area contributed by atoms with Gasteiger partial charge >= 0.3 is 6.09 Å². The maximum Gasteiger partial charge on any atom is 0.409 e. The number of carbonyl (C=O) groups is 2. The third kappa shape index (κ3) is 6.41. The van der Waals surface area contributed by atoms with Crippen LogP contribution >= 0.6 is 0 Å². The first-order valence-corrected chi connectivity index (χ1v) is 13.8. The molecule has 11 nitrogen and oxygen atoms in total. The minimum atomic E-state index is -1.64. The fourth-order valence-electron chi connectivity index (χ4n) is 5.29. The van der Waals surface area contributed by atoms with Gasteiger partial charge in [-0.2, -0.15) is 10.4 Å². The number of nitrogens with one attached hydrogen (secondary N) is 2. The summed E-state index contributed by atoms with van der Waals surface area (Å²) in [6.07, 6.45) is 4.59. The minimum absolute atomic E-state index is 0.0873. The highest BCUT2D eigenvalue weighted by molar-refractivity contribution is 6.00. The summed E-state index contributed by atoms with van der Waals surface area (Å²) in [6, 6.07) is 9.37. The first-order chi connectivity index (χ1) is 19.6. The molecule has 0 spiro atoms. The average Bonchev–Trinajstić information content (AvgIpc) is 3.57. The number of ether oxygens (including phenoxy) is 1. The van der Waals surface area contributed by atoms with E-state index in [0.29, 0.717) is 48.3 Å². The number of amides is 2. The summed E-state index contributed by atoms with van der Waals surface area (Å²) in [5.41, 5.74) is 1.67. The number of nitriles is 1. The fraction of sp³-hybridized carbons (Fsp3) is 0.483. The Labute approximate surface area is 237 Å². The van der Waals surface area contributed by atoms with Gasteiger partial charge in [-0.25, -0.2) is 13.7 Å². The highest BCUT2D eigenvalue weighted by atomic mass is 19.1. The number of carbonyl (C=O) groups excluding carboxylic acids is 2. The molecule has 2 fully saturated rings. The smallest absolute Gasteiger partial charge is 0.409 e. The third-order valence-corrected chi connectivity index (χ3v) is 7.78. The number of pyridine rings is 1. The predicted octanol–water partition coefficient (Wildman–Crippen LogP) is 3.53. The second kappa shape index (κ2) is 11.7. The number of rotatable bonds is 9. The molecule has 1 saturated heterocycles. The van der Waals surface area contributed by atoms with Crippen LogP contribution in [-0.2, 0) is 4.74 Å². The van der Waals surface area contributed by atoms with Crippen LogP contribution in [0.15, 0.2) is 36.7 Å². The second-order valence-corrected chi connectivity index (χ2v) is 11.3. The van der Waals surface area contributed by atoms with Crippen LogP contribution in [0, 0.1) is 17.2 Å². The number of hydrogen-bond donors (Lipinski definition) is 3. The molecule has 2 aliphatic rings. The molecule has 1 saturated carbocycles. The van der Waals surface area contributed by atoms with Crippen LogP contribution in [0.4, 0.5) is 14.9 Å². The summed E-state index contributed by atoms with van der Waals surface area (Å²) in [6.45, 7) is 4.12. The summed E-state index contributed by atoms with van der Waals surface area (Å²) >= 11 is 0. The van der Waals surface area contributed by atoms with Crippen molar-refractivity contribution in [1.29, 1.82) is 5.26 Å². The third-order valence-electron chi connectivity index (χ3n) is 7.78. The quantitative estimate of drug-likeness (QED) is 0.359. The summed E-state index contributed by atoms with van der Waals surface area (Å²) in [7, 11) is 0. The molecule has 5 rings (SSSR count). The molecule has 0 aromatic carbocycles. The molecule has 12 heteroatoms. The average molecular weight is 564 g/mol. The van der Waals surface area contributed by atoms with Crippen LogP contribution in [-0.4, -0.2) is 80.7 Å². The van der Waals surface area contributed by atoms with Gasteiger partial charge in [0.15, 0.2) is 0 Å². The van der Waals surface area contributed by atoms with Crippen molar-refractivity contribution in [3.8, 4) is 17.5 Å². The zero-order valence-electron chi connectivity index (χ0n) is 23.1. The van der Waals surface area contributed by atoms with Gasteiger partial charge in [-0.1, -0.05) is 0 Å². The molecular formula is C29H34FN7O4. The van der Waals surface area contributed by atoms with Gasteiger partial charge < -0.3 is 25.4 Å². The van der Waals surface area contributed by atoms with E-state index in [-0.39, 0.29) is 24.2 Å². The lowest BCUT2D eigenvalue weighted by atomic mass is 9.85. The van der Waals surface area contributed by atoms with Crippen molar-refractivity contribution in [2.75, 3.05) is 31.6 Å². The number of halogens is 1. The highest BCUT2D eigenvalue weighted by Gasteiger charge is 2.30. The Balaban J connectivity index is 1.36. The zero-order valence-corrected chi connectivity index (χ0v) is 23.1. The summed E-state index contributed by atoms with van der Waals surface area (Å²) < 4.78 is 21.1. The number of nitrogens with zero attached hydrogens (tertiary/aromatic N) is 5. The van der Waals surface area contributed by atoms with E-state index in [0.717, 1.165) is 31.2 Å². The maximum absolute atomic E-state index is 14.4. The molecule has 1 aliphatic carbocycles. The zero-order chi connectivity index (χ0) is 29.1. The van der Waals surface area contributed by atoms with Crippen molar-refractivity contribution < 1.29 is 23.8 Å². The molecule has 4 heterocycles. The van der Waals surface area contributed by atoms with Crippen LogP contribution in [0.1, 0.15) is 55.5 Å². The van der Waals surface area contributed by atoms with Crippen molar-refractivity contribution >= 4 is 23.2 Å². The number of anilines is 1. The molecule has 1 aliphatic heterocycles. The van der Waals surface area contributed by atoms with Crippen molar-refractivity contribution in [3.63, 3.8) is 0 Å². The normalized spacial score (nSPS) is 20.0. The van der Waals surface area contributed by atoms with Crippen molar-refractivity contribution in [3.05, 3.63) is 47.8 Å². The van der Waals surface area contributed by atoms with E-state index in [9.17, 15) is 24.3 Å². The number of hydrogen-bond acceptors (Lipinski definition) is 8. The first-order valence-electron chi connectivity index (χ1n) is 13.8. The van der Waals surface area contributed by atoms with Gasteiger partial charge in [-0.3, -0.25) is 9.78 Å². The van der Waals surface area contributed by atoms with Gasteiger partial charge in [0.1, 0.15) is 18.8 Å². The predicted molar refractivity (Wildman–Crippen MR) is 149 cm³/mol. The Kier molecular flexibility index (Phi) is 8.08. The van der Waals surface area contributed by atoms with E-state index in [4.69, 9.17) is 4.74 Å². The van der Waals surface area contributed by atoms with Crippen LogP contribution in [0.2, 0.25) is 0 Å². The first kappa shape index (κ1) is 28.3. The Morgan fingerprint density at radius 3 is 2.73 bits per heavy atom. The molecular weight excluding hydrogens is 529 g/mol. The summed E-state index contributed by atoms with van der Waals surface area (Å²) in [5, 5.41) is 29.6. The van der Waals surface area contributed by atoms with Gasteiger partial charge in [-0.15, -0.1) is 0 Å². The Bertz CT molecular complexity index is 1470. The van der Waals surface area contributed by atoms with Crippen LogP contribution in [0.3, 0.4) is 0 Å². The number of fused-ring (bicyclic) bond motifs is 1. The van der Waals surface area contributed by atoms with Crippen molar-refractivity contribution in [1.82, 2.24) is 24.8 Å². The van der Waals surface area contributed by atoms with Gasteiger partial charge in [0.25, 0.3) is 5.91 Å². The van der Waals surface area contributed by atoms with Gasteiger partial charge in [0, 0.05) is 18.8 Å². The molecule has 0 unspecified atom stereocenters. The van der Waals surface area contributed by atoms with Gasteiger partial charge in [-0.05, 0) is 69.7 Å². The fourth-order valence-corrected chi connectivity index (χ4v) is 5.29. The molecule has 1 atom stereocenters. The molecule has 0 radical (unpaired) electrons. The molecule has 41 heavy (non-hydrogen) atoms. The molecule has 0 bridgehead atoms. The standard InChI is InChI=1S/C29H34FN7O4/c1-29(2,40)26(30)16-33-27(38)22-15-32-24(25-8-7-21-11-19(13-31)14-34-37(21)25)12-23(22)35-20-5-3-18(4-6-20)17-36-9-10-41-28(36)39/h7-8,11-12,14-15,18,20,26,40H,3-6,9-10,16-17H2,1-2H3,(H,32,35)(H,33,38)/t18?,20?,26-/m1/s1. The lowest BCUT2D eigenvalue weighted by Gasteiger charge is -2.32. The largest absolute Gasteiger partial charge is 0.448 e. The SMILES string of the molecule is CC(C)(O)[C@H](F)CNC(=O)c1cnc(-c2ccc3cc(C#N)cnn23)cc1NC1CCC(CN2CCOC2=O)CC1. The van der Waals surface area contributed by atoms with Crippen LogP contribution in [0.25, 0.3) is 16.9 Å². The number of cyclic esters (lactones) is 1. The number of aliphatic hydroxyl groups is 1. The van der Waals surface area contributed by atoms with Gasteiger partial charge in [0.2, 0.25) is 0 Å². The lowest BCUT2D eigenvalue weighted by Crippen LogP contribution is -2.42. The van der Waals surface area contributed by atoms with Gasteiger partial charge in [0.05, 0.1) is 58.6 Å². The maximum atomic E-state index is 14.4. The number of alkyl halides is 1. The molecule has 3 N–H and O–H groups in total. The highest BCUT2D eigenvalue weighted by Crippen LogP contribution is 2.31. The lowest BCUT2D eigenvalue weighted by molar-refractivity contribution is -0.00177. The van der Waals surface area contributed by atoms with Crippen molar-refractivity contribution in [2.24, 2.45) is 5.92 Å². The summed E-state index contributed by atoms with van der Waals surface area (Å²) in [4.78, 5) is 31.3. The van der Waals surface area contributed by atoms with E-state index >= 15 is 0 Å². The molecule has 2 amide bonds. The summed E-state index contributed by atoms with van der Waals surface area (Å²) in [5.74, 6) is -0.120. The Hall–Kier alpha value is -4.24. The minimum Gasteiger partial charge on any atom is -0.448 e. The van der Waals surface area contributed by atoms with Crippen LogP contribution in [0.5, 0.6) is 0 Å². The van der Waals surface area contributed by atoms with Crippen LogP contribution < -0.4 is 10.6 Å². The van der Waals surface area contributed by atoms with E-state index in [1.54, 1.807) is 21.5 Å². The Morgan fingerprint density at radius 2 is 2.05 bits per heavy atom. The second-order valence-electron chi connectivity index (χ2n) is 11.3. The van der Waals surface area contributed by atoms with Crippen molar-refractivity contribution in [2.45, 2.75) is 57.3 Å². The Morgan fingerprint density at radius 1 is 1.27 bits per heavy atom. The van der Waals surface area contributed by atoms with E-state index in [1.165, 1.54) is 26.2 Å². The van der Waals surface area contributed by atoms with E-state index < -0.39 is 17.7 Å². The number of aromatic nitrogens is 3. The molecule has 3 aromatic heterocycles.